The fourth-order valence-electron chi connectivity index (χ4n) is 3.13. The minimum atomic E-state index is -0.528. The molecule has 8 nitrogen and oxygen atoms in total. The first-order valence-electron chi connectivity index (χ1n) is 8.86. The quantitative estimate of drug-likeness (QED) is 0.744. The lowest BCUT2D eigenvalue weighted by Crippen LogP contribution is -2.31. The molecule has 0 radical (unpaired) electrons. The number of methoxy groups -OCH3 is 2. The van der Waals surface area contributed by atoms with Gasteiger partial charge in [0.15, 0.2) is 5.82 Å². The Labute approximate surface area is 157 Å². The predicted molar refractivity (Wildman–Crippen MR) is 95.7 cm³/mol. The van der Waals surface area contributed by atoms with E-state index in [9.17, 15) is 9.59 Å². The van der Waals surface area contributed by atoms with Gasteiger partial charge in [-0.2, -0.15) is 4.98 Å². The fraction of sp³-hybridized carbons (Fsp3) is 0.474. The zero-order valence-corrected chi connectivity index (χ0v) is 15.9. The standard InChI is InChI=1S/C19H23N3O5/c1-11(2)16-20-17(27-21-16)15-6-5-7-22(15)18(23)12-8-13(19(24)26-4)10-14(9-12)25-3/h8-11,15H,5-7H2,1-4H3/t15-/m0/s1. The number of aromatic nitrogens is 2. The van der Waals surface area contributed by atoms with Crippen molar-refractivity contribution < 1.29 is 23.6 Å². The zero-order valence-electron chi connectivity index (χ0n) is 15.9. The minimum absolute atomic E-state index is 0.147. The van der Waals surface area contributed by atoms with Gasteiger partial charge < -0.3 is 18.9 Å². The SMILES string of the molecule is COC(=O)c1cc(OC)cc(C(=O)N2CCC[C@H]2c2nc(C(C)C)no2)c1. The normalized spacial score (nSPS) is 16.6. The number of esters is 1. The minimum Gasteiger partial charge on any atom is -0.497 e. The number of ether oxygens (including phenoxy) is 2. The summed E-state index contributed by atoms with van der Waals surface area (Å²) in [6.45, 7) is 4.54. The molecule has 1 amide bonds. The number of carbonyl (C=O) groups excluding carboxylic acids is 2. The number of hydrogen-bond donors (Lipinski definition) is 0. The maximum atomic E-state index is 13.1. The smallest absolute Gasteiger partial charge is 0.338 e. The lowest BCUT2D eigenvalue weighted by Gasteiger charge is -2.22. The number of hydrogen-bond acceptors (Lipinski definition) is 7. The summed E-state index contributed by atoms with van der Waals surface area (Å²) in [6.07, 6.45) is 1.59. The Bertz CT molecular complexity index is 846. The van der Waals surface area contributed by atoms with E-state index in [1.165, 1.54) is 26.4 Å². The average molecular weight is 373 g/mol. The summed E-state index contributed by atoms with van der Waals surface area (Å²) in [6, 6.07) is 4.39. The second-order valence-electron chi connectivity index (χ2n) is 6.74. The van der Waals surface area contributed by atoms with Crippen molar-refractivity contribution in [2.75, 3.05) is 20.8 Å². The second-order valence-corrected chi connectivity index (χ2v) is 6.74. The summed E-state index contributed by atoms with van der Waals surface area (Å²) in [7, 11) is 2.77. The summed E-state index contributed by atoms with van der Waals surface area (Å²) < 4.78 is 15.4. The maximum absolute atomic E-state index is 13.1. The third-order valence-electron chi connectivity index (χ3n) is 4.58. The number of nitrogens with zero attached hydrogens (tertiary/aromatic N) is 3. The van der Waals surface area contributed by atoms with Gasteiger partial charge in [-0.3, -0.25) is 4.79 Å². The van der Waals surface area contributed by atoms with E-state index in [2.05, 4.69) is 10.1 Å². The Morgan fingerprint density at radius 2 is 1.96 bits per heavy atom. The average Bonchev–Trinajstić information content (AvgIpc) is 3.35. The molecular formula is C19H23N3O5. The zero-order chi connectivity index (χ0) is 19.6. The lowest BCUT2D eigenvalue weighted by atomic mass is 10.1. The molecule has 0 aliphatic carbocycles. The largest absolute Gasteiger partial charge is 0.497 e. The molecule has 1 aliphatic rings. The first-order chi connectivity index (χ1) is 12.9. The predicted octanol–water partition coefficient (Wildman–Crippen LogP) is 2.97. The molecule has 1 fully saturated rings. The number of rotatable bonds is 5. The van der Waals surface area contributed by atoms with Gasteiger partial charge in [0.2, 0.25) is 5.89 Å². The Balaban J connectivity index is 1.90. The molecular weight excluding hydrogens is 350 g/mol. The highest BCUT2D eigenvalue weighted by Gasteiger charge is 2.35. The van der Waals surface area contributed by atoms with Gasteiger partial charge in [-0.1, -0.05) is 19.0 Å². The summed E-state index contributed by atoms with van der Waals surface area (Å²) in [5, 5.41) is 4.00. The van der Waals surface area contributed by atoms with Gasteiger partial charge >= 0.3 is 5.97 Å². The fourth-order valence-corrected chi connectivity index (χ4v) is 3.13. The molecule has 0 saturated carbocycles. The van der Waals surface area contributed by atoms with Crippen molar-refractivity contribution in [1.29, 1.82) is 0 Å². The van der Waals surface area contributed by atoms with Gasteiger partial charge in [0.25, 0.3) is 5.91 Å². The van der Waals surface area contributed by atoms with E-state index >= 15 is 0 Å². The van der Waals surface area contributed by atoms with Crippen LogP contribution in [0.15, 0.2) is 22.7 Å². The van der Waals surface area contributed by atoms with Crippen LogP contribution in [0, 0.1) is 0 Å². The Morgan fingerprint density at radius 3 is 2.59 bits per heavy atom. The maximum Gasteiger partial charge on any atom is 0.338 e. The monoisotopic (exact) mass is 373 g/mol. The molecule has 0 bridgehead atoms. The van der Waals surface area contributed by atoms with E-state index in [-0.39, 0.29) is 23.4 Å². The van der Waals surface area contributed by atoms with E-state index in [1.807, 2.05) is 13.8 Å². The molecule has 27 heavy (non-hydrogen) atoms. The van der Waals surface area contributed by atoms with Crippen molar-refractivity contribution >= 4 is 11.9 Å². The van der Waals surface area contributed by atoms with Crippen molar-refractivity contribution in [2.45, 2.75) is 38.6 Å². The number of carbonyl (C=O) groups is 2. The van der Waals surface area contributed by atoms with Gasteiger partial charge in [-0.25, -0.2) is 4.79 Å². The van der Waals surface area contributed by atoms with Gasteiger partial charge in [0.1, 0.15) is 11.8 Å². The third-order valence-corrected chi connectivity index (χ3v) is 4.58. The summed E-state index contributed by atoms with van der Waals surface area (Å²) in [5.41, 5.74) is 0.612. The molecule has 1 atom stereocenters. The van der Waals surface area contributed by atoms with E-state index in [0.717, 1.165) is 12.8 Å². The summed E-state index contributed by atoms with van der Waals surface area (Å²) in [4.78, 5) is 31.2. The molecule has 3 rings (SSSR count). The third kappa shape index (κ3) is 3.79. The van der Waals surface area contributed by atoms with Crippen molar-refractivity contribution in [2.24, 2.45) is 0 Å². The molecule has 0 unspecified atom stereocenters. The molecule has 2 heterocycles. The van der Waals surface area contributed by atoms with Crippen LogP contribution < -0.4 is 4.74 Å². The van der Waals surface area contributed by atoms with Crippen LogP contribution >= 0.6 is 0 Å². The van der Waals surface area contributed by atoms with Crippen molar-refractivity contribution in [3.8, 4) is 5.75 Å². The molecule has 1 aromatic heterocycles. The molecule has 2 aromatic rings. The Kier molecular flexibility index (Phi) is 5.43. The molecule has 1 aliphatic heterocycles. The van der Waals surface area contributed by atoms with Crippen LogP contribution in [0.2, 0.25) is 0 Å². The first-order valence-corrected chi connectivity index (χ1v) is 8.86. The van der Waals surface area contributed by atoms with E-state index < -0.39 is 5.97 Å². The van der Waals surface area contributed by atoms with Crippen LogP contribution in [0.3, 0.4) is 0 Å². The number of benzene rings is 1. The van der Waals surface area contributed by atoms with E-state index in [1.54, 1.807) is 11.0 Å². The summed E-state index contributed by atoms with van der Waals surface area (Å²) >= 11 is 0. The number of amides is 1. The lowest BCUT2D eigenvalue weighted by molar-refractivity contribution is 0.0600. The Hall–Kier alpha value is -2.90. The highest BCUT2D eigenvalue weighted by atomic mass is 16.5. The highest BCUT2D eigenvalue weighted by molar-refractivity contribution is 5.98. The topological polar surface area (TPSA) is 94.8 Å². The van der Waals surface area contributed by atoms with Crippen molar-refractivity contribution in [3.63, 3.8) is 0 Å². The van der Waals surface area contributed by atoms with Crippen LogP contribution in [-0.4, -0.2) is 47.7 Å². The molecule has 144 valence electrons. The van der Waals surface area contributed by atoms with Gasteiger partial charge in [-0.05, 0) is 31.0 Å². The van der Waals surface area contributed by atoms with Crippen molar-refractivity contribution in [1.82, 2.24) is 15.0 Å². The van der Waals surface area contributed by atoms with Crippen LogP contribution in [0.4, 0.5) is 0 Å². The molecule has 0 N–H and O–H groups in total. The molecule has 1 saturated heterocycles. The molecule has 8 heteroatoms. The molecule has 0 spiro atoms. The van der Waals surface area contributed by atoms with Crippen LogP contribution in [0.5, 0.6) is 5.75 Å². The summed E-state index contributed by atoms with van der Waals surface area (Å²) in [5.74, 6) is 0.885. The number of likely N-dealkylation sites (tertiary alicyclic amines) is 1. The first kappa shape index (κ1) is 18.9. The molecule has 1 aromatic carbocycles. The van der Waals surface area contributed by atoms with Crippen LogP contribution in [0.1, 0.15) is 71.1 Å². The van der Waals surface area contributed by atoms with Crippen molar-refractivity contribution in [3.05, 3.63) is 41.0 Å². The van der Waals surface area contributed by atoms with Gasteiger partial charge in [-0.15, -0.1) is 0 Å². The van der Waals surface area contributed by atoms with Crippen LogP contribution in [0.25, 0.3) is 0 Å². The van der Waals surface area contributed by atoms with E-state index in [0.29, 0.717) is 29.6 Å². The van der Waals surface area contributed by atoms with E-state index in [4.69, 9.17) is 14.0 Å². The van der Waals surface area contributed by atoms with Crippen LogP contribution in [-0.2, 0) is 4.74 Å². The second kappa shape index (κ2) is 7.77. The Morgan fingerprint density at radius 1 is 1.22 bits per heavy atom. The van der Waals surface area contributed by atoms with Gasteiger partial charge in [0.05, 0.1) is 19.8 Å². The highest BCUT2D eigenvalue weighted by Crippen LogP contribution is 2.33. The van der Waals surface area contributed by atoms with Gasteiger partial charge in [0, 0.05) is 18.0 Å².